The molecule has 1 aliphatic heterocycles. The maximum atomic E-state index is 9.48. The first-order valence-electron chi connectivity index (χ1n) is 8.01. The van der Waals surface area contributed by atoms with Crippen molar-refractivity contribution in [1.29, 1.82) is 0 Å². The third-order valence-corrected chi connectivity index (χ3v) is 4.63. The van der Waals surface area contributed by atoms with Gasteiger partial charge in [0.1, 0.15) is 17.1 Å². The molecule has 0 saturated carbocycles. The van der Waals surface area contributed by atoms with Crippen LogP contribution < -0.4 is 0 Å². The van der Waals surface area contributed by atoms with Crippen LogP contribution in [0.2, 0.25) is 0 Å². The van der Waals surface area contributed by atoms with E-state index in [4.69, 9.17) is 4.98 Å². The van der Waals surface area contributed by atoms with Crippen LogP contribution in [0, 0.1) is 0 Å². The molecule has 2 aromatic heterocycles. The van der Waals surface area contributed by atoms with E-state index in [9.17, 15) is 5.11 Å². The van der Waals surface area contributed by atoms with Gasteiger partial charge in [-0.15, -0.1) is 0 Å². The Morgan fingerprint density at radius 1 is 1.22 bits per heavy atom. The van der Waals surface area contributed by atoms with Crippen LogP contribution in [-0.2, 0) is 6.54 Å². The summed E-state index contributed by atoms with van der Waals surface area (Å²) in [5.74, 6) is 1.38. The Labute approximate surface area is 135 Å². The standard InChI is InChI=1S/C18H20N4O/c1-21-11-3-5-16(21)18-20-15-4-2-10-19-17(15)22(18)12-13-6-8-14(23)9-7-13/h2,4,6-10,16,23H,3,5,11-12H2,1H3. The van der Waals surface area contributed by atoms with Gasteiger partial charge in [-0.2, -0.15) is 0 Å². The van der Waals surface area contributed by atoms with Crippen molar-refractivity contribution in [2.75, 3.05) is 13.6 Å². The highest BCUT2D eigenvalue weighted by molar-refractivity contribution is 5.71. The van der Waals surface area contributed by atoms with Crippen LogP contribution in [0.5, 0.6) is 5.75 Å². The van der Waals surface area contributed by atoms with E-state index in [0.717, 1.165) is 35.5 Å². The summed E-state index contributed by atoms with van der Waals surface area (Å²) in [6.07, 6.45) is 4.16. The van der Waals surface area contributed by atoms with Gasteiger partial charge in [0.05, 0.1) is 12.6 Å². The van der Waals surface area contributed by atoms with Gasteiger partial charge < -0.3 is 9.67 Å². The van der Waals surface area contributed by atoms with E-state index in [1.807, 2.05) is 30.5 Å². The molecule has 1 N–H and O–H groups in total. The Balaban J connectivity index is 1.80. The SMILES string of the molecule is CN1CCCC1c1nc2cccnc2n1Cc1ccc(O)cc1. The van der Waals surface area contributed by atoms with E-state index in [-0.39, 0.29) is 5.75 Å². The normalized spacial score (nSPS) is 18.7. The summed E-state index contributed by atoms with van der Waals surface area (Å²) in [5.41, 5.74) is 3.01. The van der Waals surface area contributed by atoms with Gasteiger partial charge in [0, 0.05) is 6.20 Å². The topological polar surface area (TPSA) is 54.2 Å². The zero-order chi connectivity index (χ0) is 15.8. The highest BCUT2D eigenvalue weighted by Crippen LogP contribution is 2.32. The highest BCUT2D eigenvalue weighted by Gasteiger charge is 2.28. The number of benzene rings is 1. The van der Waals surface area contributed by atoms with Crippen molar-refractivity contribution in [2.24, 2.45) is 0 Å². The van der Waals surface area contributed by atoms with Crippen LogP contribution in [-0.4, -0.2) is 38.1 Å². The molecule has 5 nitrogen and oxygen atoms in total. The molecule has 118 valence electrons. The molecule has 3 heterocycles. The number of pyridine rings is 1. The fourth-order valence-electron chi connectivity index (χ4n) is 3.41. The fourth-order valence-corrected chi connectivity index (χ4v) is 3.41. The Morgan fingerprint density at radius 3 is 2.78 bits per heavy atom. The minimum atomic E-state index is 0.290. The summed E-state index contributed by atoms with van der Waals surface area (Å²) in [4.78, 5) is 11.8. The van der Waals surface area contributed by atoms with Crippen molar-refractivity contribution >= 4 is 11.2 Å². The highest BCUT2D eigenvalue weighted by atomic mass is 16.3. The molecule has 0 amide bonds. The van der Waals surface area contributed by atoms with Crippen LogP contribution >= 0.6 is 0 Å². The molecule has 1 unspecified atom stereocenters. The lowest BCUT2D eigenvalue weighted by Crippen LogP contribution is -2.21. The molecule has 23 heavy (non-hydrogen) atoms. The van der Waals surface area contributed by atoms with Crippen molar-refractivity contribution in [3.63, 3.8) is 0 Å². The molecule has 0 radical (unpaired) electrons. The smallest absolute Gasteiger partial charge is 0.160 e. The molecule has 1 aliphatic rings. The molecule has 0 aliphatic carbocycles. The predicted molar refractivity (Wildman–Crippen MR) is 89.3 cm³/mol. The summed E-state index contributed by atoms with van der Waals surface area (Å²) < 4.78 is 2.22. The minimum absolute atomic E-state index is 0.290. The molecule has 3 aromatic rings. The quantitative estimate of drug-likeness (QED) is 0.808. The second kappa shape index (κ2) is 5.66. The number of fused-ring (bicyclic) bond motifs is 1. The second-order valence-corrected chi connectivity index (χ2v) is 6.21. The lowest BCUT2D eigenvalue weighted by Gasteiger charge is -2.20. The summed E-state index contributed by atoms with van der Waals surface area (Å²) >= 11 is 0. The van der Waals surface area contributed by atoms with Gasteiger partial charge in [0.2, 0.25) is 0 Å². The van der Waals surface area contributed by atoms with Crippen LogP contribution in [0.1, 0.15) is 30.3 Å². The summed E-state index contributed by atoms with van der Waals surface area (Å²) in [7, 11) is 2.16. The van der Waals surface area contributed by atoms with E-state index >= 15 is 0 Å². The Bertz CT molecular complexity index is 825. The number of nitrogens with zero attached hydrogens (tertiary/aromatic N) is 4. The van der Waals surface area contributed by atoms with Crippen molar-refractivity contribution in [3.8, 4) is 5.75 Å². The van der Waals surface area contributed by atoms with Gasteiger partial charge in [0.15, 0.2) is 5.65 Å². The molecular weight excluding hydrogens is 288 g/mol. The van der Waals surface area contributed by atoms with Crippen LogP contribution in [0.15, 0.2) is 42.6 Å². The lowest BCUT2D eigenvalue weighted by atomic mass is 10.2. The molecule has 1 saturated heterocycles. The summed E-state index contributed by atoms with van der Waals surface area (Å²) in [5, 5.41) is 9.48. The third kappa shape index (κ3) is 2.57. The zero-order valence-electron chi connectivity index (χ0n) is 13.2. The third-order valence-electron chi connectivity index (χ3n) is 4.63. The predicted octanol–water partition coefficient (Wildman–Crippen LogP) is 2.95. The number of rotatable bonds is 3. The van der Waals surface area contributed by atoms with Crippen LogP contribution in [0.25, 0.3) is 11.2 Å². The second-order valence-electron chi connectivity index (χ2n) is 6.21. The van der Waals surface area contributed by atoms with E-state index in [1.54, 1.807) is 12.1 Å². The molecule has 0 spiro atoms. The molecule has 0 bridgehead atoms. The number of imidazole rings is 1. The van der Waals surface area contributed by atoms with Crippen molar-refractivity contribution in [3.05, 3.63) is 54.0 Å². The molecule has 1 aromatic carbocycles. The van der Waals surface area contributed by atoms with Gasteiger partial charge in [0.25, 0.3) is 0 Å². The number of phenolic OH excluding ortho intramolecular Hbond substituents is 1. The number of likely N-dealkylation sites (tertiary alicyclic amines) is 1. The first-order chi connectivity index (χ1) is 11.2. The number of aromatic hydroxyl groups is 1. The average Bonchev–Trinajstić information content (AvgIpc) is 3.13. The van der Waals surface area contributed by atoms with Crippen molar-refractivity contribution in [2.45, 2.75) is 25.4 Å². The lowest BCUT2D eigenvalue weighted by molar-refractivity contribution is 0.300. The first-order valence-corrected chi connectivity index (χ1v) is 8.01. The molecule has 1 atom stereocenters. The van der Waals surface area contributed by atoms with Gasteiger partial charge in [-0.1, -0.05) is 12.1 Å². The van der Waals surface area contributed by atoms with Crippen LogP contribution in [0.4, 0.5) is 0 Å². The van der Waals surface area contributed by atoms with Crippen molar-refractivity contribution in [1.82, 2.24) is 19.4 Å². The molecule has 1 fully saturated rings. The van der Waals surface area contributed by atoms with Gasteiger partial charge in [-0.25, -0.2) is 9.97 Å². The zero-order valence-corrected chi connectivity index (χ0v) is 13.2. The first kappa shape index (κ1) is 14.2. The van der Waals surface area contributed by atoms with Crippen molar-refractivity contribution < 1.29 is 5.11 Å². The molecule has 5 heteroatoms. The van der Waals surface area contributed by atoms with E-state index < -0.39 is 0 Å². The maximum absolute atomic E-state index is 9.48. The summed E-state index contributed by atoms with van der Waals surface area (Å²) in [6.45, 7) is 1.83. The number of aromatic nitrogens is 3. The fraction of sp³-hybridized carbons (Fsp3) is 0.333. The molecule has 4 rings (SSSR count). The Hall–Kier alpha value is -2.40. The Morgan fingerprint density at radius 2 is 2.04 bits per heavy atom. The number of phenols is 1. The maximum Gasteiger partial charge on any atom is 0.160 e. The van der Waals surface area contributed by atoms with E-state index in [0.29, 0.717) is 12.6 Å². The van der Waals surface area contributed by atoms with Gasteiger partial charge in [-0.05, 0) is 56.3 Å². The largest absolute Gasteiger partial charge is 0.508 e. The molecular formula is C18H20N4O. The van der Waals surface area contributed by atoms with E-state index in [1.165, 1.54) is 6.42 Å². The monoisotopic (exact) mass is 308 g/mol. The Kier molecular flexibility index (Phi) is 3.50. The average molecular weight is 308 g/mol. The summed E-state index contributed by atoms with van der Waals surface area (Å²) in [6, 6.07) is 11.7. The minimum Gasteiger partial charge on any atom is -0.508 e. The number of hydrogen-bond acceptors (Lipinski definition) is 4. The number of hydrogen-bond donors (Lipinski definition) is 1. The van der Waals surface area contributed by atoms with E-state index in [2.05, 4.69) is 21.5 Å². The van der Waals surface area contributed by atoms with Gasteiger partial charge >= 0.3 is 0 Å². The van der Waals surface area contributed by atoms with Crippen LogP contribution in [0.3, 0.4) is 0 Å². The van der Waals surface area contributed by atoms with Gasteiger partial charge in [-0.3, -0.25) is 4.90 Å².